The Labute approximate surface area is 217 Å². The molecule has 1 saturated heterocycles. The Kier molecular flexibility index (Phi) is 7.23. The molecule has 1 unspecified atom stereocenters. The van der Waals surface area contributed by atoms with Crippen LogP contribution in [0.3, 0.4) is 0 Å². The topological polar surface area (TPSA) is 66.8 Å². The minimum atomic E-state index is -0.712. The molecule has 0 aromatic heterocycles. The molecule has 6 heteroatoms. The standard InChI is InChI=1S/C30H30ClNO4/c1-30(2,3)22-12-10-20(11-13-22)26-25(27(33)21-6-5-7-23(31)18-21)28(34)29(35)32(26)17-16-19-8-14-24(36-4)15-9-19/h5-15,18,26,33H,16-17H2,1-4H3/b27-25-. The van der Waals surface area contributed by atoms with E-state index in [2.05, 4.69) is 20.8 Å². The molecule has 1 fully saturated rings. The van der Waals surface area contributed by atoms with Crippen molar-refractivity contribution >= 4 is 29.1 Å². The van der Waals surface area contributed by atoms with Crippen molar-refractivity contribution in [2.24, 2.45) is 0 Å². The molecular weight excluding hydrogens is 474 g/mol. The minimum absolute atomic E-state index is 0.0461. The zero-order valence-corrected chi connectivity index (χ0v) is 21.7. The number of aliphatic hydroxyl groups excluding tert-OH is 1. The number of Topliss-reactive ketones (excluding diaryl/α,β-unsaturated/α-hetero) is 1. The van der Waals surface area contributed by atoms with Crippen LogP contribution in [-0.2, 0) is 21.4 Å². The van der Waals surface area contributed by atoms with Gasteiger partial charge in [0.2, 0.25) is 0 Å². The lowest BCUT2D eigenvalue weighted by Gasteiger charge is -2.26. The van der Waals surface area contributed by atoms with Crippen molar-refractivity contribution in [3.8, 4) is 5.75 Å². The molecule has 0 spiro atoms. The number of ketones is 1. The second-order valence-corrected chi connectivity index (χ2v) is 10.4. The largest absolute Gasteiger partial charge is 0.507 e. The number of aliphatic hydroxyl groups is 1. The Balaban J connectivity index is 1.76. The summed E-state index contributed by atoms with van der Waals surface area (Å²) in [6, 6.07) is 21.4. The molecule has 1 N–H and O–H groups in total. The van der Waals surface area contributed by atoms with Crippen molar-refractivity contribution < 1.29 is 19.4 Å². The van der Waals surface area contributed by atoms with Crippen LogP contribution in [0.4, 0.5) is 0 Å². The molecule has 5 nitrogen and oxygen atoms in total. The van der Waals surface area contributed by atoms with Crippen molar-refractivity contribution in [1.29, 1.82) is 0 Å². The molecule has 0 radical (unpaired) electrons. The second-order valence-electron chi connectivity index (χ2n) is 9.97. The van der Waals surface area contributed by atoms with Gasteiger partial charge in [-0.1, -0.05) is 80.9 Å². The van der Waals surface area contributed by atoms with Crippen LogP contribution >= 0.6 is 11.6 Å². The van der Waals surface area contributed by atoms with Gasteiger partial charge in [0, 0.05) is 17.1 Å². The SMILES string of the molecule is COc1ccc(CCN2C(=O)C(=O)/C(=C(\O)c3cccc(Cl)c3)C2c2ccc(C(C)(C)C)cc2)cc1. The van der Waals surface area contributed by atoms with E-state index in [4.69, 9.17) is 16.3 Å². The third kappa shape index (κ3) is 5.17. The summed E-state index contributed by atoms with van der Waals surface area (Å²) in [5.74, 6) is -0.809. The average molecular weight is 504 g/mol. The Morgan fingerprint density at radius 3 is 2.25 bits per heavy atom. The molecule has 1 aliphatic heterocycles. The van der Waals surface area contributed by atoms with Crippen molar-refractivity contribution in [3.63, 3.8) is 0 Å². The van der Waals surface area contributed by atoms with Gasteiger partial charge in [-0.3, -0.25) is 9.59 Å². The lowest BCUT2D eigenvalue weighted by atomic mass is 9.85. The zero-order valence-electron chi connectivity index (χ0n) is 20.9. The van der Waals surface area contributed by atoms with E-state index in [1.165, 1.54) is 0 Å². The maximum absolute atomic E-state index is 13.3. The second kappa shape index (κ2) is 10.2. The van der Waals surface area contributed by atoms with Gasteiger partial charge in [-0.2, -0.15) is 0 Å². The van der Waals surface area contributed by atoms with Crippen molar-refractivity contribution in [3.05, 3.63) is 106 Å². The van der Waals surface area contributed by atoms with Crippen molar-refractivity contribution in [2.75, 3.05) is 13.7 Å². The fourth-order valence-corrected chi connectivity index (χ4v) is 4.65. The van der Waals surface area contributed by atoms with Gasteiger partial charge < -0.3 is 14.7 Å². The lowest BCUT2D eigenvalue weighted by molar-refractivity contribution is -0.139. The fourth-order valence-electron chi connectivity index (χ4n) is 4.46. The summed E-state index contributed by atoms with van der Waals surface area (Å²) < 4.78 is 5.22. The first-order chi connectivity index (χ1) is 17.1. The van der Waals surface area contributed by atoms with Gasteiger partial charge in [0.25, 0.3) is 11.7 Å². The first kappa shape index (κ1) is 25.5. The van der Waals surface area contributed by atoms with Crippen LogP contribution in [0.2, 0.25) is 5.02 Å². The number of halogens is 1. The Morgan fingerprint density at radius 2 is 1.67 bits per heavy atom. The third-order valence-electron chi connectivity index (χ3n) is 6.53. The molecule has 186 valence electrons. The molecule has 0 bridgehead atoms. The van der Waals surface area contributed by atoms with E-state index in [1.807, 2.05) is 48.5 Å². The molecule has 4 rings (SSSR count). The zero-order chi connectivity index (χ0) is 26.0. The third-order valence-corrected chi connectivity index (χ3v) is 6.77. The summed E-state index contributed by atoms with van der Waals surface area (Å²) in [5, 5.41) is 11.6. The van der Waals surface area contributed by atoms with E-state index >= 15 is 0 Å². The first-order valence-corrected chi connectivity index (χ1v) is 12.3. The average Bonchev–Trinajstić information content (AvgIpc) is 3.11. The van der Waals surface area contributed by atoms with Gasteiger partial charge in [-0.25, -0.2) is 0 Å². The van der Waals surface area contributed by atoms with E-state index in [0.717, 1.165) is 22.4 Å². The number of carbonyl (C=O) groups excluding carboxylic acids is 2. The lowest BCUT2D eigenvalue weighted by Crippen LogP contribution is -2.31. The Hall–Kier alpha value is -3.57. The Morgan fingerprint density at radius 1 is 1.00 bits per heavy atom. The van der Waals surface area contributed by atoms with Gasteiger partial charge in [0.05, 0.1) is 18.7 Å². The smallest absolute Gasteiger partial charge is 0.295 e. The van der Waals surface area contributed by atoms with Crippen LogP contribution in [0, 0.1) is 0 Å². The maximum atomic E-state index is 13.3. The normalized spacial score (nSPS) is 17.5. The molecule has 36 heavy (non-hydrogen) atoms. The molecule has 1 aliphatic rings. The monoisotopic (exact) mass is 503 g/mol. The number of ether oxygens (including phenoxy) is 1. The number of hydrogen-bond acceptors (Lipinski definition) is 4. The number of likely N-dealkylation sites (tertiary alicyclic amines) is 1. The van der Waals surface area contributed by atoms with Crippen molar-refractivity contribution in [2.45, 2.75) is 38.6 Å². The molecular formula is C30H30ClNO4. The van der Waals surface area contributed by atoms with Gasteiger partial charge >= 0.3 is 0 Å². The van der Waals surface area contributed by atoms with Gasteiger partial charge in [0.1, 0.15) is 11.5 Å². The van der Waals surface area contributed by atoms with E-state index in [9.17, 15) is 14.7 Å². The van der Waals surface area contributed by atoms with Crippen molar-refractivity contribution in [1.82, 2.24) is 4.90 Å². The maximum Gasteiger partial charge on any atom is 0.295 e. The number of benzene rings is 3. The highest BCUT2D eigenvalue weighted by Gasteiger charge is 2.45. The number of methoxy groups -OCH3 is 1. The van der Waals surface area contributed by atoms with Crippen LogP contribution in [0.5, 0.6) is 5.75 Å². The molecule has 3 aromatic carbocycles. The number of hydrogen-bond donors (Lipinski definition) is 1. The fraction of sp³-hybridized carbons (Fsp3) is 0.267. The highest BCUT2D eigenvalue weighted by molar-refractivity contribution is 6.46. The Bertz CT molecular complexity index is 1300. The van der Waals surface area contributed by atoms with Crippen LogP contribution in [0.15, 0.2) is 78.4 Å². The molecule has 1 atom stereocenters. The van der Waals surface area contributed by atoms with Crippen LogP contribution in [-0.4, -0.2) is 35.4 Å². The minimum Gasteiger partial charge on any atom is -0.507 e. The summed E-state index contributed by atoms with van der Waals surface area (Å²) >= 11 is 6.14. The quantitative estimate of drug-likeness (QED) is 0.243. The highest BCUT2D eigenvalue weighted by Crippen LogP contribution is 2.40. The van der Waals surface area contributed by atoms with Crippen LogP contribution < -0.4 is 4.74 Å². The summed E-state index contributed by atoms with van der Waals surface area (Å²) in [6.07, 6.45) is 0.546. The van der Waals surface area contributed by atoms with E-state index in [1.54, 1.807) is 36.3 Å². The molecule has 0 aliphatic carbocycles. The van der Waals surface area contributed by atoms with Gasteiger partial charge in [0.15, 0.2) is 0 Å². The number of nitrogens with zero attached hydrogens (tertiary/aromatic N) is 1. The first-order valence-electron chi connectivity index (χ1n) is 11.9. The van der Waals surface area contributed by atoms with E-state index in [0.29, 0.717) is 23.6 Å². The highest BCUT2D eigenvalue weighted by atomic mass is 35.5. The molecule has 1 amide bonds. The number of rotatable bonds is 6. The van der Waals surface area contributed by atoms with E-state index < -0.39 is 17.7 Å². The molecule has 3 aromatic rings. The van der Waals surface area contributed by atoms with Crippen LogP contribution in [0.1, 0.15) is 49.1 Å². The summed E-state index contributed by atoms with van der Waals surface area (Å²) in [6.45, 7) is 6.70. The van der Waals surface area contributed by atoms with Gasteiger partial charge in [-0.05, 0) is 52.8 Å². The summed E-state index contributed by atoms with van der Waals surface area (Å²) in [7, 11) is 1.61. The number of carbonyl (C=O) groups is 2. The molecule has 1 heterocycles. The van der Waals surface area contributed by atoms with E-state index in [-0.39, 0.29) is 16.7 Å². The summed E-state index contributed by atoms with van der Waals surface area (Å²) in [5.41, 5.74) is 3.33. The molecule has 0 saturated carbocycles. The summed E-state index contributed by atoms with van der Waals surface area (Å²) in [4.78, 5) is 28.0. The predicted molar refractivity (Wildman–Crippen MR) is 142 cm³/mol. The van der Waals surface area contributed by atoms with Crippen LogP contribution in [0.25, 0.3) is 5.76 Å². The van der Waals surface area contributed by atoms with Gasteiger partial charge in [-0.15, -0.1) is 0 Å². The predicted octanol–water partition coefficient (Wildman–Crippen LogP) is 6.31. The number of amides is 1.